The van der Waals surface area contributed by atoms with Crippen LogP contribution in [-0.4, -0.2) is 5.91 Å². The van der Waals surface area contributed by atoms with E-state index in [1.165, 1.54) is 0 Å². The van der Waals surface area contributed by atoms with Gasteiger partial charge in [-0.1, -0.05) is 24.3 Å². The number of nitrogens with one attached hydrogen (secondary N) is 1. The van der Waals surface area contributed by atoms with Crippen molar-refractivity contribution in [1.82, 2.24) is 0 Å². The van der Waals surface area contributed by atoms with Gasteiger partial charge in [0.2, 0.25) is 6.04 Å². The molecule has 1 amide bonds. The molecule has 0 bridgehead atoms. The Morgan fingerprint density at radius 1 is 0.920 bits per heavy atom. The summed E-state index contributed by atoms with van der Waals surface area (Å²) >= 11 is 0. The number of hydrogen-bond donors (Lipinski definition) is 1. The molecule has 126 valence electrons. The Bertz CT molecular complexity index is 845. The van der Waals surface area contributed by atoms with E-state index in [2.05, 4.69) is 5.32 Å². The van der Waals surface area contributed by atoms with Gasteiger partial charge in [0.25, 0.3) is 5.91 Å². The first-order valence-electron chi connectivity index (χ1n) is 8.24. The first kappa shape index (κ1) is 16.7. The van der Waals surface area contributed by atoms with Crippen molar-refractivity contribution in [2.75, 3.05) is 5.32 Å². The molecule has 0 unspecified atom stereocenters. The van der Waals surface area contributed by atoms with Crippen LogP contribution in [0.4, 0.5) is 5.69 Å². The molecule has 25 heavy (non-hydrogen) atoms. The van der Waals surface area contributed by atoms with Crippen LogP contribution in [0.15, 0.2) is 79.0 Å². The van der Waals surface area contributed by atoms with Crippen LogP contribution in [0.1, 0.15) is 18.7 Å². The monoisotopic (exact) mass is 333 g/mol. The van der Waals surface area contributed by atoms with Gasteiger partial charge in [-0.3, -0.25) is 4.79 Å². The predicted octanol–water partition coefficient (Wildman–Crippen LogP) is 4.27. The van der Waals surface area contributed by atoms with Crippen molar-refractivity contribution in [2.24, 2.45) is 0 Å². The number of nitrogens with zero attached hydrogens (tertiary/aromatic N) is 1. The van der Waals surface area contributed by atoms with E-state index < -0.39 is 0 Å². The van der Waals surface area contributed by atoms with Gasteiger partial charge in [-0.05, 0) is 36.4 Å². The van der Waals surface area contributed by atoms with Crippen LogP contribution < -0.4 is 14.6 Å². The number of ether oxygens (including phenoxy) is 1. The maximum Gasteiger partial charge on any atom is 0.293 e. The highest BCUT2D eigenvalue weighted by Gasteiger charge is 2.23. The number of hydrogen-bond acceptors (Lipinski definition) is 2. The molecule has 0 aliphatic rings. The van der Waals surface area contributed by atoms with Crippen molar-refractivity contribution in [1.29, 1.82) is 0 Å². The third-order valence-electron chi connectivity index (χ3n) is 4.00. The van der Waals surface area contributed by atoms with E-state index in [0.29, 0.717) is 0 Å². The first-order chi connectivity index (χ1) is 12.1. The number of benzene rings is 2. The topological polar surface area (TPSA) is 42.2 Å². The van der Waals surface area contributed by atoms with E-state index in [-0.39, 0.29) is 11.9 Å². The number of aryl methyl sites for hydroxylation is 1. The predicted molar refractivity (Wildman–Crippen MR) is 97.7 cm³/mol. The zero-order valence-electron chi connectivity index (χ0n) is 14.3. The molecule has 4 nitrogen and oxygen atoms in total. The lowest BCUT2D eigenvalue weighted by atomic mass is 10.2. The summed E-state index contributed by atoms with van der Waals surface area (Å²) in [5.41, 5.74) is 1.78. The number of aromatic nitrogens is 1. The minimum atomic E-state index is -0.290. The second-order valence-electron chi connectivity index (χ2n) is 5.85. The van der Waals surface area contributed by atoms with Gasteiger partial charge in [0.1, 0.15) is 11.5 Å². The van der Waals surface area contributed by atoms with Gasteiger partial charge in [0.15, 0.2) is 11.9 Å². The smallest absolute Gasteiger partial charge is 0.293 e. The van der Waals surface area contributed by atoms with Gasteiger partial charge in [-0.15, -0.1) is 0 Å². The van der Waals surface area contributed by atoms with Gasteiger partial charge < -0.3 is 10.1 Å². The Morgan fingerprint density at radius 3 is 2.24 bits per heavy atom. The molecule has 4 heteroatoms. The molecule has 0 aliphatic heterocycles. The molecule has 0 fully saturated rings. The fourth-order valence-corrected chi connectivity index (χ4v) is 2.58. The third kappa shape index (κ3) is 4.23. The van der Waals surface area contributed by atoms with Crippen LogP contribution in [-0.2, 0) is 4.79 Å². The minimum Gasteiger partial charge on any atom is -0.457 e. The van der Waals surface area contributed by atoms with E-state index in [1.54, 1.807) is 0 Å². The normalized spacial score (nSPS) is 11.6. The number of rotatable bonds is 5. The number of carbonyl (C=O) groups excluding carboxylic acids is 1. The van der Waals surface area contributed by atoms with Crippen molar-refractivity contribution < 1.29 is 14.1 Å². The third-order valence-corrected chi connectivity index (χ3v) is 4.00. The molecule has 1 aromatic heterocycles. The van der Waals surface area contributed by atoms with E-state index >= 15 is 0 Å². The molecule has 3 rings (SSSR count). The Balaban J connectivity index is 1.65. The zero-order chi connectivity index (χ0) is 17.6. The van der Waals surface area contributed by atoms with Crippen molar-refractivity contribution >= 4 is 11.6 Å². The molecule has 1 atom stereocenters. The Hall–Kier alpha value is -3.14. The molecule has 3 aromatic rings. The molecule has 0 spiro atoms. The summed E-state index contributed by atoms with van der Waals surface area (Å²) < 4.78 is 7.70. The highest BCUT2D eigenvalue weighted by atomic mass is 16.5. The molecule has 0 aliphatic carbocycles. The van der Waals surface area contributed by atoms with Crippen LogP contribution in [0.2, 0.25) is 0 Å². The summed E-state index contributed by atoms with van der Waals surface area (Å²) in [6.45, 7) is 3.87. The minimum absolute atomic E-state index is 0.0592. The molecule has 0 radical (unpaired) electrons. The highest BCUT2D eigenvalue weighted by Crippen LogP contribution is 2.22. The van der Waals surface area contributed by atoms with Crippen LogP contribution in [0.25, 0.3) is 0 Å². The summed E-state index contributed by atoms with van der Waals surface area (Å²) in [6.07, 6.45) is 1.91. The molecular weight excluding hydrogens is 312 g/mol. The first-order valence-corrected chi connectivity index (χ1v) is 8.24. The Morgan fingerprint density at radius 2 is 1.56 bits per heavy atom. The van der Waals surface area contributed by atoms with E-state index in [1.807, 2.05) is 97.4 Å². The SMILES string of the molecule is Cc1cccc[n+]1[C@H](C)C(=O)Nc1ccc(Oc2ccccc2)cc1. The summed E-state index contributed by atoms with van der Waals surface area (Å²) in [4.78, 5) is 12.5. The number of anilines is 1. The van der Waals surface area contributed by atoms with Crippen molar-refractivity contribution in [3.8, 4) is 11.5 Å². The van der Waals surface area contributed by atoms with Crippen LogP contribution >= 0.6 is 0 Å². The Kier molecular flexibility index (Phi) is 5.09. The summed E-state index contributed by atoms with van der Waals surface area (Å²) in [5, 5.41) is 2.94. The number of pyridine rings is 1. The lowest BCUT2D eigenvalue weighted by Crippen LogP contribution is -2.46. The lowest BCUT2D eigenvalue weighted by molar-refractivity contribution is -0.711. The van der Waals surface area contributed by atoms with Crippen LogP contribution in [0.3, 0.4) is 0 Å². The fourth-order valence-electron chi connectivity index (χ4n) is 2.58. The molecule has 0 saturated carbocycles. The Labute approximate surface area is 147 Å². The molecule has 2 aromatic carbocycles. The lowest BCUT2D eigenvalue weighted by Gasteiger charge is -2.11. The summed E-state index contributed by atoms with van der Waals surface area (Å²) in [7, 11) is 0. The second-order valence-corrected chi connectivity index (χ2v) is 5.85. The van der Waals surface area contributed by atoms with Crippen molar-refractivity contribution in [3.05, 3.63) is 84.7 Å². The molecule has 0 saturated heterocycles. The molecule has 1 heterocycles. The average molecular weight is 333 g/mol. The van der Waals surface area contributed by atoms with E-state index in [4.69, 9.17) is 4.74 Å². The van der Waals surface area contributed by atoms with E-state index in [0.717, 1.165) is 22.9 Å². The second kappa shape index (κ2) is 7.62. The van der Waals surface area contributed by atoms with Gasteiger partial charge in [0, 0.05) is 31.7 Å². The highest BCUT2D eigenvalue weighted by molar-refractivity contribution is 5.92. The van der Waals surface area contributed by atoms with Crippen molar-refractivity contribution in [3.63, 3.8) is 0 Å². The summed E-state index contributed by atoms with van der Waals surface area (Å²) in [5.74, 6) is 1.45. The van der Waals surface area contributed by atoms with Gasteiger partial charge in [-0.2, -0.15) is 4.57 Å². The number of carbonyl (C=O) groups is 1. The van der Waals surface area contributed by atoms with Crippen LogP contribution in [0, 0.1) is 6.92 Å². The maximum absolute atomic E-state index is 12.5. The van der Waals surface area contributed by atoms with Crippen LogP contribution in [0.5, 0.6) is 11.5 Å². The van der Waals surface area contributed by atoms with Gasteiger partial charge >= 0.3 is 0 Å². The van der Waals surface area contributed by atoms with Gasteiger partial charge in [0.05, 0.1) is 0 Å². The molecular formula is C21H21N2O2+. The average Bonchev–Trinajstić information content (AvgIpc) is 2.64. The fraction of sp³-hybridized carbons (Fsp3) is 0.143. The number of para-hydroxylation sites is 1. The van der Waals surface area contributed by atoms with Gasteiger partial charge in [-0.25, -0.2) is 0 Å². The van der Waals surface area contributed by atoms with Crippen molar-refractivity contribution in [2.45, 2.75) is 19.9 Å². The number of amides is 1. The maximum atomic E-state index is 12.5. The zero-order valence-corrected chi connectivity index (χ0v) is 14.3. The molecule has 1 N–H and O–H groups in total. The largest absolute Gasteiger partial charge is 0.457 e. The summed E-state index contributed by atoms with van der Waals surface area (Å²) in [6, 6.07) is 22.5. The van der Waals surface area contributed by atoms with E-state index in [9.17, 15) is 4.79 Å². The quantitative estimate of drug-likeness (QED) is 0.708. The standard InChI is InChI=1S/C21H20N2O2/c1-16-8-6-7-15-23(16)17(2)21(24)22-18-11-13-20(14-12-18)25-19-9-4-3-5-10-19/h3-15,17H,1-2H3/p+1/t17-/m1/s1.